The van der Waals surface area contributed by atoms with Gasteiger partial charge in [-0.25, -0.2) is 0 Å². The lowest BCUT2D eigenvalue weighted by Crippen LogP contribution is -2.40. The van der Waals surface area contributed by atoms with Crippen molar-refractivity contribution < 1.29 is 4.79 Å². The minimum Gasteiger partial charge on any atom is -0.291 e. The van der Waals surface area contributed by atoms with Crippen LogP contribution in [0.15, 0.2) is 77.0 Å². The smallest absolute Gasteiger partial charge is 0.193 e. The van der Waals surface area contributed by atoms with Gasteiger partial charge in [0.2, 0.25) is 0 Å². The fourth-order valence-electron chi connectivity index (χ4n) is 4.56. The van der Waals surface area contributed by atoms with E-state index >= 15 is 0 Å². The van der Waals surface area contributed by atoms with E-state index in [2.05, 4.69) is 58.8 Å². The Morgan fingerprint density at radius 3 is 2.65 bits per heavy atom. The molecule has 0 saturated heterocycles. The van der Waals surface area contributed by atoms with Crippen molar-refractivity contribution in [2.24, 2.45) is 10.2 Å². The zero-order valence-electron chi connectivity index (χ0n) is 14.6. The summed E-state index contributed by atoms with van der Waals surface area (Å²) in [5.74, 6) is 0.163. The van der Waals surface area contributed by atoms with E-state index in [0.717, 1.165) is 30.4 Å². The molecule has 2 aliphatic rings. The highest BCUT2D eigenvalue weighted by atomic mass is 16.1. The molecule has 2 unspecified atom stereocenters. The molecule has 128 valence electrons. The number of carbonyl (C=O) groups excluding carboxylic acids is 1. The van der Waals surface area contributed by atoms with Crippen LogP contribution in [0.5, 0.6) is 0 Å². The van der Waals surface area contributed by atoms with Gasteiger partial charge in [0.15, 0.2) is 11.3 Å². The minimum absolute atomic E-state index is 0.0192. The fraction of sp³-hybridized carbons (Fsp3) is 0.261. The van der Waals surface area contributed by atoms with Gasteiger partial charge in [0.05, 0.1) is 6.54 Å². The molecule has 3 aromatic rings. The molecule has 0 amide bonds. The number of rotatable bonds is 1. The zero-order valence-corrected chi connectivity index (χ0v) is 14.6. The van der Waals surface area contributed by atoms with Crippen molar-refractivity contribution in [2.75, 3.05) is 6.54 Å². The number of benzene rings is 3. The van der Waals surface area contributed by atoms with Crippen LogP contribution in [-0.2, 0) is 6.42 Å². The summed E-state index contributed by atoms with van der Waals surface area (Å²) in [7, 11) is 0. The van der Waals surface area contributed by atoms with Gasteiger partial charge in [-0.05, 0) is 41.2 Å². The minimum atomic E-state index is -0.741. The van der Waals surface area contributed by atoms with Crippen LogP contribution in [0, 0.1) is 0 Å². The van der Waals surface area contributed by atoms with Crippen LogP contribution >= 0.6 is 0 Å². The van der Waals surface area contributed by atoms with Gasteiger partial charge in [0.25, 0.3) is 0 Å². The van der Waals surface area contributed by atoms with Crippen molar-refractivity contribution >= 4 is 16.6 Å². The Labute approximate surface area is 152 Å². The second kappa shape index (κ2) is 5.87. The van der Waals surface area contributed by atoms with Crippen molar-refractivity contribution in [1.29, 1.82) is 0 Å². The summed E-state index contributed by atoms with van der Waals surface area (Å²) in [5.41, 5.74) is 2.40. The van der Waals surface area contributed by atoms with Gasteiger partial charge in [-0.15, -0.1) is 0 Å². The van der Waals surface area contributed by atoms with Gasteiger partial charge in [0, 0.05) is 11.5 Å². The first-order valence-electron chi connectivity index (χ1n) is 9.28. The van der Waals surface area contributed by atoms with Crippen molar-refractivity contribution in [3.8, 4) is 0 Å². The third kappa shape index (κ3) is 2.23. The van der Waals surface area contributed by atoms with E-state index in [0.29, 0.717) is 6.54 Å². The summed E-state index contributed by atoms with van der Waals surface area (Å²) in [6.07, 6.45) is 2.66. The van der Waals surface area contributed by atoms with E-state index in [1.54, 1.807) is 0 Å². The number of fused-ring (bicyclic) bond motifs is 2. The highest BCUT2D eigenvalue weighted by Gasteiger charge is 2.50. The van der Waals surface area contributed by atoms with Crippen LogP contribution in [0.3, 0.4) is 0 Å². The first-order chi connectivity index (χ1) is 12.8. The molecule has 1 aliphatic heterocycles. The number of nitrogens with zero attached hydrogens (tertiary/aromatic N) is 2. The summed E-state index contributed by atoms with van der Waals surface area (Å²) in [6, 6.07) is 22.8. The predicted octanol–water partition coefficient (Wildman–Crippen LogP) is 5.35. The van der Waals surface area contributed by atoms with Crippen LogP contribution < -0.4 is 0 Å². The summed E-state index contributed by atoms with van der Waals surface area (Å²) >= 11 is 0. The molecule has 0 saturated carbocycles. The first kappa shape index (κ1) is 15.4. The number of ketones is 1. The van der Waals surface area contributed by atoms with Crippen molar-refractivity contribution in [3.63, 3.8) is 0 Å². The van der Waals surface area contributed by atoms with Gasteiger partial charge < -0.3 is 0 Å². The molecular weight excluding hydrogens is 320 g/mol. The van der Waals surface area contributed by atoms with Gasteiger partial charge >= 0.3 is 0 Å². The Morgan fingerprint density at radius 2 is 1.73 bits per heavy atom. The third-order valence-electron chi connectivity index (χ3n) is 5.92. The molecule has 0 fully saturated rings. The van der Waals surface area contributed by atoms with Crippen LogP contribution in [0.1, 0.15) is 40.2 Å². The average molecular weight is 340 g/mol. The molecule has 0 radical (unpaired) electrons. The fourth-order valence-corrected chi connectivity index (χ4v) is 4.56. The van der Waals surface area contributed by atoms with Gasteiger partial charge in [-0.1, -0.05) is 66.7 Å². The Hall–Kier alpha value is -2.81. The molecule has 3 heteroatoms. The van der Waals surface area contributed by atoms with E-state index in [1.807, 2.05) is 18.2 Å². The van der Waals surface area contributed by atoms with Gasteiger partial charge in [-0.3, -0.25) is 4.79 Å². The maximum absolute atomic E-state index is 13.6. The molecule has 0 N–H and O–H groups in total. The van der Waals surface area contributed by atoms with Crippen molar-refractivity contribution in [2.45, 2.75) is 30.7 Å². The molecule has 2 atom stereocenters. The van der Waals surface area contributed by atoms with Crippen LogP contribution in [-0.4, -0.2) is 17.9 Å². The van der Waals surface area contributed by atoms with Crippen LogP contribution in [0.2, 0.25) is 0 Å². The number of hydrogen-bond acceptors (Lipinski definition) is 3. The highest BCUT2D eigenvalue weighted by Crippen LogP contribution is 2.45. The van der Waals surface area contributed by atoms with Gasteiger partial charge in [0.1, 0.15) is 0 Å². The lowest BCUT2D eigenvalue weighted by molar-refractivity contribution is 0.0870. The molecule has 1 heterocycles. The number of carbonyl (C=O) groups is 1. The molecule has 1 spiro atoms. The molecule has 1 aliphatic carbocycles. The van der Waals surface area contributed by atoms with Gasteiger partial charge in [-0.2, -0.15) is 10.2 Å². The summed E-state index contributed by atoms with van der Waals surface area (Å²) in [4.78, 5) is 13.6. The second-order valence-corrected chi connectivity index (χ2v) is 7.35. The average Bonchev–Trinajstić information content (AvgIpc) is 3.06. The van der Waals surface area contributed by atoms with E-state index in [9.17, 15) is 4.79 Å². The monoisotopic (exact) mass is 340 g/mol. The predicted molar refractivity (Wildman–Crippen MR) is 103 cm³/mol. The SMILES string of the molecule is O=C1c2ccccc2CCCC12N=NCC2c1ccc2ccccc2c1. The number of Topliss-reactive ketones (excluding diaryl/α,β-unsaturated/α-hetero) is 1. The number of azo groups is 1. The summed E-state index contributed by atoms with van der Waals surface area (Å²) in [6.45, 7) is 0.590. The molecule has 3 nitrogen and oxygen atoms in total. The largest absolute Gasteiger partial charge is 0.291 e. The maximum Gasteiger partial charge on any atom is 0.193 e. The molecule has 3 aromatic carbocycles. The van der Waals surface area contributed by atoms with Crippen molar-refractivity contribution in [1.82, 2.24) is 0 Å². The number of aryl methyl sites for hydroxylation is 1. The quantitative estimate of drug-likeness (QED) is 0.589. The first-order valence-corrected chi connectivity index (χ1v) is 9.28. The Kier molecular flexibility index (Phi) is 3.49. The molecular formula is C23H20N2O. The molecule has 0 bridgehead atoms. The lowest BCUT2D eigenvalue weighted by atomic mass is 9.74. The van der Waals surface area contributed by atoms with Crippen molar-refractivity contribution in [3.05, 3.63) is 83.4 Å². The summed E-state index contributed by atoms with van der Waals surface area (Å²) in [5, 5.41) is 11.4. The third-order valence-corrected chi connectivity index (χ3v) is 5.92. The van der Waals surface area contributed by atoms with Crippen LogP contribution in [0.4, 0.5) is 0 Å². The second-order valence-electron chi connectivity index (χ2n) is 7.35. The molecule has 5 rings (SSSR count). The number of hydrogen-bond donors (Lipinski definition) is 0. The topological polar surface area (TPSA) is 41.8 Å². The van der Waals surface area contributed by atoms with E-state index in [1.165, 1.54) is 16.3 Å². The maximum atomic E-state index is 13.6. The van der Waals surface area contributed by atoms with E-state index in [4.69, 9.17) is 0 Å². The molecule has 26 heavy (non-hydrogen) atoms. The van der Waals surface area contributed by atoms with Crippen LogP contribution in [0.25, 0.3) is 10.8 Å². The summed E-state index contributed by atoms with van der Waals surface area (Å²) < 4.78 is 0. The molecule has 0 aromatic heterocycles. The van der Waals surface area contributed by atoms with E-state index in [-0.39, 0.29) is 11.7 Å². The normalized spacial score (nSPS) is 24.8. The standard InChI is InChI=1S/C23H20N2O/c26-22-20-10-4-3-7-17(20)9-5-13-23(22)21(15-24-25-23)19-12-11-16-6-1-2-8-18(16)14-19/h1-4,6-8,10-12,14,21H,5,9,13,15H2. The Bertz CT molecular complexity index is 1040. The highest BCUT2D eigenvalue weighted by molar-refractivity contribution is 6.06. The Balaban J connectivity index is 1.63. The van der Waals surface area contributed by atoms with E-state index < -0.39 is 5.54 Å². The Morgan fingerprint density at radius 1 is 0.923 bits per heavy atom. The lowest BCUT2D eigenvalue weighted by Gasteiger charge is -2.29. The zero-order chi connectivity index (χ0) is 17.6.